The number of nitrogens with one attached hydrogen (secondary N) is 1. The van der Waals surface area contributed by atoms with Gasteiger partial charge in [0.1, 0.15) is 0 Å². The third-order valence-corrected chi connectivity index (χ3v) is 2.50. The zero-order valence-corrected chi connectivity index (χ0v) is 10.4. The van der Waals surface area contributed by atoms with E-state index < -0.39 is 0 Å². The predicted molar refractivity (Wildman–Crippen MR) is 65.8 cm³/mol. The van der Waals surface area contributed by atoms with Gasteiger partial charge in [0.15, 0.2) is 5.78 Å². The molecule has 0 amide bonds. The Kier molecular flexibility index (Phi) is 8.06. The lowest BCUT2D eigenvalue weighted by molar-refractivity contribution is -0.121. The van der Waals surface area contributed by atoms with Crippen LogP contribution in [0.15, 0.2) is 12.3 Å². The van der Waals surface area contributed by atoms with Crippen molar-refractivity contribution in [1.29, 1.82) is 0 Å². The molecule has 0 aromatic carbocycles. The second-order valence-electron chi connectivity index (χ2n) is 4.03. The monoisotopic (exact) mass is 211 g/mol. The molecule has 0 aliphatic heterocycles. The van der Waals surface area contributed by atoms with Gasteiger partial charge in [0.25, 0.3) is 0 Å². The van der Waals surface area contributed by atoms with Crippen LogP contribution in [-0.4, -0.2) is 11.8 Å². The molecule has 0 aliphatic rings. The number of rotatable bonds is 9. The van der Waals surface area contributed by atoms with Gasteiger partial charge in [0, 0.05) is 12.1 Å². The molecular weight excluding hydrogens is 186 g/mol. The third kappa shape index (κ3) is 6.32. The summed E-state index contributed by atoms with van der Waals surface area (Å²) in [6, 6.07) is -0.0192. The van der Waals surface area contributed by atoms with Gasteiger partial charge >= 0.3 is 0 Å². The maximum absolute atomic E-state index is 11.7. The Hall–Kier alpha value is -0.790. The van der Waals surface area contributed by atoms with E-state index in [0.29, 0.717) is 12.2 Å². The molecule has 2 nitrogen and oxygen atoms in total. The number of ketones is 1. The van der Waals surface area contributed by atoms with E-state index in [2.05, 4.69) is 18.8 Å². The van der Waals surface area contributed by atoms with Gasteiger partial charge in [0.05, 0.1) is 6.04 Å². The fourth-order valence-electron chi connectivity index (χ4n) is 1.54. The number of hydrogen-bond donors (Lipinski definition) is 1. The van der Waals surface area contributed by atoms with Crippen LogP contribution in [0.4, 0.5) is 0 Å². The van der Waals surface area contributed by atoms with Crippen molar-refractivity contribution in [3.05, 3.63) is 12.3 Å². The Morgan fingerprint density at radius 2 is 1.87 bits per heavy atom. The Labute approximate surface area is 94.1 Å². The lowest BCUT2D eigenvalue weighted by atomic mass is 10.1. The van der Waals surface area contributed by atoms with Crippen molar-refractivity contribution in [3.8, 4) is 0 Å². The first-order valence-corrected chi connectivity index (χ1v) is 6.12. The molecule has 1 N–H and O–H groups in total. The highest BCUT2D eigenvalue weighted by molar-refractivity contribution is 5.84. The van der Waals surface area contributed by atoms with Crippen LogP contribution in [0.5, 0.6) is 0 Å². The van der Waals surface area contributed by atoms with Gasteiger partial charge in [-0.05, 0) is 25.7 Å². The van der Waals surface area contributed by atoms with Gasteiger partial charge in [-0.25, -0.2) is 0 Å². The summed E-state index contributed by atoms with van der Waals surface area (Å²) in [6.07, 6.45) is 5.74. The van der Waals surface area contributed by atoms with Crippen LogP contribution < -0.4 is 5.32 Å². The molecule has 1 unspecified atom stereocenters. The first kappa shape index (κ1) is 14.2. The average Bonchev–Trinajstić information content (AvgIpc) is 2.23. The molecule has 2 heteroatoms. The molecule has 1 atom stereocenters. The summed E-state index contributed by atoms with van der Waals surface area (Å²) in [7, 11) is 0. The lowest BCUT2D eigenvalue weighted by Crippen LogP contribution is -2.35. The van der Waals surface area contributed by atoms with Crippen molar-refractivity contribution in [2.75, 3.05) is 0 Å². The van der Waals surface area contributed by atoms with Crippen molar-refractivity contribution >= 4 is 5.78 Å². The van der Waals surface area contributed by atoms with Crippen LogP contribution in [0.2, 0.25) is 0 Å². The van der Waals surface area contributed by atoms with Crippen LogP contribution in [0.1, 0.15) is 59.3 Å². The van der Waals surface area contributed by atoms with Crippen molar-refractivity contribution in [1.82, 2.24) is 5.32 Å². The van der Waals surface area contributed by atoms with Gasteiger partial charge in [-0.15, -0.1) is 0 Å². The van der Waals surface area contributed by atoms with E-state index in [4.69, 9.17) is 0 Å². The standard InChI is InChI=1S/C13H25NO/c1-5-8-10-11(4)14-12(7-3)13(15)9-6-2/h12,14H,4-10H2,1-3H3. The Bertz CT molecular complexity index is 199. The molecule has 0 saturated heterocycles. The van der Waals surface area contributed by atoms with Gasteiger partial charge in [0.2, 0.25) is 0 Å². The molecule has 15 heavy (non-hydrogen) atoms. The summed E-state index contributed by atoms with van der Waals surface area (Å²) in [5.41, 5.74) is 1.01. The van der Waals surface area contributed by atoms with Crippen molar-refractivity contribution < 1.29 is 4.79 Å². The minimum atomic E-state index is -0.0192. The zero-order valence-electron chi connectivity index (χ0n) is 10.4. The quantitative estimate of drug-likeness (QED) is 0.633. The minimum Gasteiger partial charge on any atom is -0.379 e. The van der Waals surface area contributed by atoms with Crippen molar-refractivity contribution in [2.24, 2.45) is 0 Å². The number of carbonyl (C=O) groups is 1. The van der Waals surface area contributed by atoms with Crippen molar-refractivity contribution in [2.45, 2.75) is 65.3 Å². The number of unbranched alkanes of at least 4 members (excludes halogenated alkanes) is 1. The molecular formula is C13H25NO. The van der Waals surface area contributed by atoms with Crippen LogP contribution in [0.25, 0.3) is 0 Å². The van der Waals surface area contributed by atoms with Gasteiger partial charge in [-0.2, -0.15) is 0 Å². The summed E-state index contributed by atoms with van der Waals surface area (Å²) in [5.74, 6) is 0.317. The number of allylic oxidation sites excluding steroid dienone is 1. The number of hydrogen-bond acceptors (Lipinski definition) is 2. The highest BCUT2D eigenvalue weighted by Gasteiger charge is 2.14. The Morgan fingerprint density at radius 1 is 1.20 bits per heavy atom. The van der Waals surface area contributed by atoms with E-state index in [-0.39, 0.29) is 6.04 Å². The van der Waals surface area contributed by atoms with E-state index in [1.165, 1.54) is 6.42 Å². The van der Waals surface area contributed by atoms with E-state index in [1.807, 2.05) is 13.8 Å². The normalized spacial score (nSPS) is 12.2. The fraction of sp³-hybridized carbons (Fsp3) is 0.769. The highest BCUT2D eigenvalue weighted by atomic mass is 16.1. The predicted octanol–water partition coefficient (Wildman–Crippen LogP) is 3.43. The summed E-state index contributed by atoms with van der Waals surface area (Å²) >= 11 is 0. The molecule has 0 saturated carbocycles. The average molecular weight is 211 g/mol. The van der Waals surface area contributed by atoms with Crippen molar-refractivity contribution in [3.63, 3.8) is 0 Å². The molecule has 0 rings (SSSR count). The van der Waals surface area contributed by atoms with Gasteiger partial charge in [-0.3, -0.25) is 4.79 Å². The topological polar surface area (TPSA) is 29.1 Å². The second-order valence-corrected chi connectivity index (χ2v) is 4.03. The third-order valence-electron chi connectivity index (χ3n) is 2.50. The molecule has 0 bridgehead atoms. The minimum absolute atomic E-state index is 0.0192. The maximum atomic E-state index is 11.7. The summed E-state index contributed by atoms with van der Waals surface area (Å²) in [5, 5.41) is 3.24. The Balaban J connectivity index is 3.97. The van der Waals surface area contributed by atoms with Gasteiger partial charge in [-0.1, -0.05) is 33.8 Å². The highest BCUT2D eigenvalue weighted by Crippen LogP contribution is 2.06. The molecule has 0 aromatic rings. The van der Waals surface area contributed by atoms with Crippen LogP contribution in [-0.2, 0) is 4.79 Å². The molecule has 0 aliphatic carbocycles. The van der Waals surface area contributed by atoms with Crippen LogP contribution in [0, 0.1) is 0 Å². The number of carbonyl (C=O) groups excluding carboxylic acids is 1. The fourth-order valence-corrected chi connectivity index (χ4v) is 1.54. The number of Topliss-reactive ketones (excluding diaryl/α,β-unsaturated/α-hetero) is 1. The van der Waals surface area contributed by atoms with Gasteiger partial charge < -0.3 is 5.32 Å². The zero-order chi connectivity index (χ0) is 11.7. The van der Waals surface area contributed by atoms with Crippen LogP contribution >= 0.6 is 0 Å². The second kappa shape index (κ2) is 8.51. The first-order chi connectivity index (χ1) is 7.15. The molecule has 0 radical (unpaired) electrons. The van der Waals surface area contributed by atoms with E-state index in [0.717, 1.165) is 31.4 Å². The summed E-state index contributed by atoms with van der Waals surface area (Å²) < 4.78 is 0. The SMILES string of the molecule is C=C(CCCC)NC(CC)C(=O)CCC. The van der Waals surface area contributed by atoms with E-state index in [9.17, 15) is 4.79 Å². The largest absolute Gasteiger partial charge is 0.379 e. The van der Waals surface area contributed by atoms with E-state index in [1.54, 1.807) is 0 Å². The van der Waals surface area contributed by atoms with Crippen LogP contribution in [0.3, 0.4) is 0 Å². The maximum Gasteiger partial charge on any atom is 0.154 e. The lowest BCUT2D eigenvalue weighted by Gasteiger charge is -2.18. The smallest absolute Gasteiger partial charge is 0.154 e. The molecule has 0 heterocycles. The summed E-state index contributed by atoms with van der Waals surface area (Å²) in [6.45, 7) is 10.2. The first-order valence-electron chi connectivity index (χ1n) is 6.12. The molecule has 0 spiro atoms. The molecule has 0 fully saturated rings. The molecule has 0 aromatic heterocycles. The van der Waals surface area contributed by atoms with E-state index >= 15 is 0 Å². The summed E-state index contributed by atoms with van der Waals surface area (Å²) in [4.78, 5) is 11.7. The Morgan fingerprint density at radius 3 is 2.33 bits per heavy atom. The molecule has 88 valence electrons.